The summed E-state index contributed by atoms with van der Waals surface area (Å²) in [6, 6.07) is 2.58. The molecule has 1 aromatic heterocycles. The van der Waals surface area contributed by atoms with E-state index < -0.39 is 53.8 Å². The van der Waals surface area contributed by atoms with Gasteiger partial charge in [-0.1, -0.05) is 18.2 Å². The smallest absolute Gasteiger partial charge is 0.326 e. The second-order valence-electron chi connectivity index (χ2n) is 10.6. The van der Waals surface area contributed by atoms with Crippen LogP contribution in [0.1, 0.15) is 44.1 Å². The number of benzene rings is 1. The highest BCUT2D eigenvalue weighted by atomic mass is 16.4. The second kappa shape index (κ2) is 18.4. The number of nitrogens with two attached hydrogens (primary N) is 6. The Labute approximate surface area is 265 Å². The van der Waals surface area contributed by atoms with Crippen LogP contribution in [0.3, 0.4) is 0 Å². The van der Waals surface area contributed by atoms with E-state index in [0.717, 1.165) is 16.5 Å². The average molecular weight is 645 g/mol. The number of guanidine groups is 2. The van der Waals surface area contributed by atoms with Crippen molar-refractivity contribution in [1.82, 2.24) is 20.9 Å². The SMILES string of the molecule is NC(=O)CCC(NC(=O)C(CCCN=C(N)N)NC(=O)C(N)Cc1c[nH]c2ccccc12)C(=O)NC(CCCN=C(N)N)C(=O)O. The molecule has 0 bridgehead atoms. The zero-order valence-electron chi connectivity index (χ0n) is 25.4. The Bertz CT molecular complexity index is 1420. The van der Waals surface area contributed by atoms with Gasteiger partial charge < -0.3 is 60.4 Å². The number of H-pyrrole nitrogens is 1. The first-order valence-electron chi connectivity index (χ1n) is 14.6. The molecule has 18 heteroatoms. The number of aromatic amines is 1. The lowest BCUT2D eigenvalue weighted by molar-refractivity contribution is -0.142. The number of fused-ring (bicyclic) bond motifs is 1. The maximum atomic E-state index is 13.5. The van der Waals surface area contributed by atoms with E-state index in [9.17, 15) is 29.1 Å². The van der Waals surface area contributed by atoms with Gasteiger partial charge in [0, 0.05) is 36.6 Å². The van der Waals surface area contributed by atoms with E-state index in [-0.39, 0.29) is 70.0 Å². The van der Waals surface area contributed by atoms with Gasteiger partial charge in [-0.05, 0) is 50.2 Å². The Morgan fingerprint density at radius 3 is 1.85 bits per heavy atom. The fraction of sp³-hybridized carbons (Fsp3) is 0.464. The summed E-state index contributed by atoms with van der Waals surface area (Å²) in [5.74, 6) is -4.66. The van der Waals surface area contributed by atoms with E-state index in [4.69, 9.17) is 34.4 Å². The molecule has 252 valence electrons. The minimum absolute atomic E-state index is 0.0217. The number of carboxylic acids is 1. The van der Waals surface area contributed by atoms with E-state index in [1.54, 1.807) is 6.20 Å². The summed E-state index contributed by atoms with van der Waals surface area (Å²) in [7, 11) is 0. The maximum Gasteiger partial charge on any atom is 0.326 e. The Hall–Kier alpha value is -5.39. The third kappa shape index (κ3) is 12.7. The van der Waals surface area contributed by atoms with Crippen molar-refractivity contribution in [2.75, 3.05) is 13.1 Å². The Morgan fingerprint density at radius 1 is 0.761 bits per heavy atom. The molecule has 4 amide bonds. The number of primary amides is 1. The van der Waals surface area contributed by atoms with Crippen LogP contribution in [0.5, 0.6) is 0 Å². The summed E-state index contributed by atoms with van der Waals surface area (Å²) in [5.41, 5.74) is 34.5. The molecule has 0 radical (unpaired) electrons. The van der Waals surface area contributed by atoms with Gasteiger partial charge in [0.15, 0.2) is 11.9 Å². The van der Waals surface area contributed by atoms with Gasteiger partial charge in [0.1, 0.15) is 18.1 Å². The van der Waals surface area contributed by atoms with Gasteiger partial charge in [0.2, 0.25) is 23.6 Å². The summed E-state index contributed by atoms with van der Waals surface area (Å²) < 4.78 is 0. The molecule has 1 aromatic carbocycles. The molecule has 18 nitrogen and oxygen atoms in total. The van der Waals surface area contributed by atoms with E-state index in [1.807, 2.05) is 24.3 Å². The van der Waals surface area contributed by atoms with Crippen LogP contribution in [0.2, 0.25) is 0 Å². The van der Waals surface area contributed by atoms with Crippen LogP contribution in [-0.4, -0.2) is 88.9 Å². The van der Waals surface area contributed by atoms with Crippen LogP contribution in [0.4, 0.5) is 0 Å². The quantitative estimate of drug-likeness (QED) is 0.0390. The summed E-state index contributed by atoms with van der Waals surface area (Å²) in [5, 5.41) is 18.0. The number of hydrogen-bond acceptors (Lipinski definition) is 8. The number of aliphatic carboxylic acids is 1. The molecule has 1 heterocycles. The molecule has 4 unspecified atom stereocenters. The molecule has 4 atom stereocenters. The molecule has 0 saturated carbocycles. The summed E-state index contributed by atoms with van der Waals surface area (Å²) in [4.78, 5) is 73.9. The van der Waals surface area contributed by atoms with Crippen molar-refractivity contribution < 1.29 is 29.1 Å². The first-order chi connectivity index (χ1) is 21.8. The first kappa shape index (κ1) is 36.8. The number of nitrogens with one attached hydrogen (secondary N) is 4. The van der Waals surface area contributed by atoms with Gasteiger partial charge in [-0.25, -0.2) is 4.79 Å². The fourth-order valence-corrected chi connectivity index (χ4v) is 4.54. The van der Waals surface area contributed by atoms with Gasteiger partial charge in [-0.3, -0.25) is 29.2 Å². The molecule has 0 aliphatic carbocycles. The predicted octanol–water partition coefficient (Wildman–Crippen LogP) is -3.05. The Balaban J connectivity index is 2.18. The standard InChI is InChI=1S/C28H44N12O6/c29-17(13-15-14-37-18-6-2-1-5-16(15)18)23(42)38-19(7-3-11-35-27(31)32)24(43)39-20(9-10-22(30)41)25(44)40-21(26(45)46)8-4-12-36-28(33)34/h1-2,5-6,14,17,19-21,37H,3-4,7-13,29H2,(H2,30,41)(H,38,42)(H,39,43)(H,40,44)(H,45,46)(H4,31,32,35)(H4,33,34,36). The van der Waals surface area contributed by atoms with E-state index in [2.05, 4.69) is 30.9 Å². The van der Waals surface area contributed by atoms with Crippen molar-refractivity contribution >= 4 is 52.4 Å². The molecule has 46 heavy (non-hydrogen) atoms. The van der Waals surface area contributed by atoms with Crippen molar-refractivity contribution in [3.8, 4) is 0 Å². The lowest BCUT2D eigenvalue weighted by Crippen LogP contribution is -2.57. The molecule has 2 rings (SSSR count). The predicted molar refractivity (Wildman–Crippen MR) is 172 cm³/mol. The number of hydrogen-bond donors (Lipinski definition) is 11. The zero-order valence-corrected chi connectivity index (χ0v) is 25.4. The van der Waals surface area contributed by atoms with Gasteiger partial charge in [-0.15, -0.1) is 0 Å². The molecule has 17 N–H and O–H groups in total. The number of nitrogens with zero attached hydrogens (tertiary/aromatic N) is 2. The lowest BCUT2D eigenvalue weighted by Gasteiger charge is -2.25. The van der Waals surface area contributed by atoms with Crippen LogP contribution in [0, 0.1) is 0 Å². The number of aromatic nitrogens is 1. The van der Waals surface area contributed by atoms with Crippen LogP contribution >= 0.6 is 0 Å². The third-order valence-corrected chi connectivity index (χ3v) is 6.90. The van der Waals surface area contributed by atoms with Gasteiger partial charge in [-0.2, -0.15) is 0 Å². The highest BCUT2D eigenvalue weighted by Crippen LogP contribution is 2.19. The van der Waals surface area contributed by atoms with Gasteiger partial charge in [0.25, 0.3) is 0 Å². The van der Waals surface area contributed by atoms with E-state index in [0.29, 0.717) is 0 Å². The number of para-hydroxylation sites is 1. The number of carbonyl (C=O) groups excluding carboxylic acids is 4. The molecular weight excluding hydrogens is 600 g/mol. The highest BCUT2D eigenvalue weighted by Gasteiger charge is 2.30. The van der Waals surface area contributed by atoms with Crippen molar-refractivity contribution in [3.05, 3.63) is 36.0 Å². The minimum Gasteiger partial charge on any atom is -0.480 e. The van der Waals surface area contributed by atoms with Crippen molar-refractivity contribution in [2.24, 2.45) is 44.4 Å². The molecule has 0 fully saturated rings. The highest BCUT2D eigenvalue weighted by molar-refractivity contribution is 5.94. The molecule has 2 aromatic rings. The van der Waals surface area contributed by atoms with E-state index >= 15 is 0 Å². The summed E-state index contributed by atoms with van der Waals surface area (Å²) in [6.07, 6.45) is 1.93. The molecule has 0 spiro atoms. The molecule has 0 saturated heterocycles. The monoisotopic (exact) mass is 644 g/mol. The number of rotatable bonds is 20. The van der Waals surface area contributed by atoms with Crippen molar-refractivity contribution in [1.29, 1.82) is 0 Å². The van der Waals surface area contributed by atoms with E-state index in [1.165, 1.54) is 0 Å². The normalized spacial score (nSPS) is 13.4. The molecule has 0 aliphatic rings. The van der Waals surface area contributed by atoms with Crippen LogP contribution in [0.15, 0.2) is 40.4 Å². The second-order valence-corrected chi connectivity index (χ2v) is 10.6. The number of amides is 4. The van der Waals surface area contributed by atoms with Crippen molar-refractivity contribution in [3.63, 3.8) is 0 Å². The van der Waals surface area contributed by atoms with Gasteiger partial charge in [0.05, 0.1) is 6.04 Å². The fourth-order valence-electron chi connectivity index (χ4n) is 4.54. The van der Waals surface area contributed by atoms with Crippen LogP contribution in [-0.2, 0) is 30.4 Å². The number of aliphatic imine (C=N–C) groups is 2. The Morgan fingerprint density at radius 2 is 1.28 bits per heavy atom. The first-order valence-corrected chi connectivity index (χ1v) is 14.6. The minimum atomic E-state index is -1.36. The summed E-state index contributed by atoms with van der Waals surface area (Å²) in [6.45, 7) is 0.280. The summed E-state index contributed by atoms with van der Waals surface area (Å²) >= 11 is 0. The Kier molecular flexibility index (Phi) is 14.7. The molecular formula is C28H44N12O6. The van der Waals surface area contributed by atoms with Gasteiger partial charge >= 0.3 is 5.97 Å². The lowest BCUT2D eigenvalue weighted by atomic mass is 10.0. The largest absolute Gasteiger partial charge is 0.480 e. The zero-order chi connectivity index (χ0) is 34.2. The maximum absolute atomic E-state index is 13.5. The van der Waals surface area contributed by atoms with Crippen LogP contribution in [0.25, 0.3) is 10.9 Å². The van der Waals surface area contributed by atoms with Crippen molar-refractivity contribution in [2.45, 2.75) is 69.1 Å². The topological polar surface area (TPSA) is 338 Å². The van der Waals surface area contributed by atoms with Crippen LogP contribution < -0.4 is 50.4 Å². The number of carboxylic acid groups (broad SMARTS) is 1. The molecule has 0 aliphatic heterocycles. The third-order valence-electron chi connectivity index (χ3n) is 6.90. The number of carbonyl (C=O) groups is 5. The average Bonchev–Trinajstić information content (AvgIpc) is 3.39.